The molecule has 6 heteroatoms. The maximum Gasteiger partial charge on any atom is 0.276 e. The summed E-state index contributed by atoms with van der Waals surface area (Å²) < 4.78 is 5.70. The average Bonchev–Trinajstić information content (AvgIpc) is 3.22. The van der Waals surface area contributed by atoms with E-state index in [1.807, 2.05) is 0 Å². The van der Waals surface area contributed by atoms with Gasteiger partial charge in [-0.15, -0.1) is 10.2 Å². The third-order valence-electron chi connectivity index (χ3n) is 4.84. The average molecular weight is 343 g/mol. The summed E-state index contributed by atoms with van der Waals surface area (Å²) in [5.41, 5.74) is 2.97. The van der Waals surface area contributed by atoms with Crippen LogP contribution in [0.25, 0.3) is 0 Å². The number of likely N-dealkylation sites (tertiary alicyclic amines) is 1. The SMILES string of the molecule is O=C1CCCN1Cc1nnc(SC[C@H]2CCc3ccccc3C2)o1. The van der Waals surface area contributed by atoms with E-state index in [9.17, 15) is 4.79 Å². The number of carbonyl (C=O) groups is 1. The number of aromatic nitrogens is 2. The van der Waals surface area contributed by atoms with Gasteiger partial charge in [0.1, 0.15) is 0 Å². The first-order valence-electron chi connectivity index (χ1n) is 8.57. The zero-order valence-corrected chi connectivity index (χ0v) is 14.4. The third kappa shape index (κ3) is 3.48. The van der Waals surface area contributed by atoms with Gasteiger partial charge in [0.25, 0.3) is 5.22 Å². The number of carbonyl (C=O) groups excluding carboxylic acids is 1. The van der Waals surface area contributed by atoms with Crippen molar-refractivity contribution in [2.24, 2.45) is 5.92 Å². The molecule has 1 atom stereocenters. The highest BCUT2D eigenvalue weighted by molar-refractivity contribution is 7.99. The molecule has 24 heavy (non-hydrogen) atoms. The van der Waals surface area contributed by atoms with E-state index in [2.05, 4.69) is 34.5 Å². The van der Waals surface area contributed by atoms with E-state index in [1.54, 1.807) is 16.7 Å². The van der Waals surface area contributed by atoms with Gasteiger partial charge in [-0.2, -0.15) is 0 Å². The van der Waals surface area contributed by atoms with Crippen LogP contribution in [0.15, 0.2) is 33.9 Å². The maximum absolute atomic E-state index is 11.6. The van der Waals surface area contributed by atoms with Crippen molar-refractivity contribution in [3.8, 4) is 0 Å². The van der Waals surface area contributed by atoms with E-state index in [1.165, 1.54) is 17.5 Å². The lowest BCUT2D eigenvalue weighted by atomic mass is 9.85. The van der Waals surface area contributed by atoms with Crippen LogP contribution in [0.2, 0.25) is 0 Å². The quantitative estimate of drug-likeness (QED) is 0.781. The second-order valence-electron chi connectivity index (χ2n) is 6.57. The van der Waals surface area contributed by atoms with Gasteiger partial charge in [-0.3, -0.25) is 4.79 Å². The molecule has 0 saturated carbocycles. The standard InChI is InChI=1S/C18H21N3O2S/c22-17-6-3-9-21(17)11-16-19-20-18(23-16)24-12-13-7-8-14-4-1-2-5-15(14)10-13/h1-2,4-5,13H,3,6-12H2/t13-/m0/s1. The van der Waals surface area contributed by atoms with E-state index in [0.717, 1.165) is 31.6 Å². The lowest BCUT2D eigenvalue weighted by Gasteiger charge is -2.23. The number of fused-ring (bicyclic) bond motifs is 1. The van der Waals surface area contributed by atoms with Gasteiger partial charge < -0.3 is 9.32 Å². The van der Waals surface area contributed by atoms with Crippen LogP contribution in [0.5, 0.6) is 0 Å². The van der Waals surface area contributed by atoms with Crippen molar-refractivity contribution in [1.29, 1.82) is 0 Å². The van der Waals surface area contributed by atoms with Gasteiger partial charge in [0.15, 0.2) is 0 Å². The van der Waals surface area contributed by atoms with E-state index < -0.39 is 0 Å². The fourth-order valence-corrected chi connectivity index (χ4v) is 4.42. The molecule has 5 nitrogen and oxygen atoms in total. The predicted octanol–water partition coefficient (Wildman–Crippen LogP) is 3.09. The van der Waals surface area contributed by atoms with Crippen LogP contribution in [0.4, 0.5) is 0 Å². The summed E-state index contributed by atoms with van der Waals surface area (Å²) in [6.45, 7) is 1.24. The number of thioether (sulfide) groups is 1. The van der Waals surface area contributed by atoms with Gasteiger partial charge in [0, 0.05) is 18.7 Å². The fourth-order valence-electron chi connectivity index (χ4n) is 3.50. The highest BCUT2D eigenvalue weighted by Crippen LogP contribution is 2.30. The Labute approximate surface area is 145 Å². The minimum absolute atomic E-state index is 0.184. The Kier molecular flexibility index (Phi) is 4.56. The molecule has 2 aromatic rings. The molecular weight excluding hydrogens is 322 g/mol. The molecule has 0 spiro atoms. The molecule has 0 bridgehead atoms. The Morgan fingerprint density at radius 2 is 2.08 bits per heavy atom. The number of benzene rings is 1. The summed E-state index contributed by atoms with van der Waals surface area (Å²) in [4.78, 5) is 13.4. The van der Waals surface area contributed by atoms with E-state index >= 15 is 0 Å². The van der Waals surface area contributed by atoms with Crippen LogP contribution in [0.1, 0.15) is 36.3 Å². The minimum Gasteiger partial charge on any atom is -0.414 e. The smallest absolute Gasteiger partial charge is 0.276 e. The van der Waals surface area contributed by atoms with Gasteiger partial charge in [0.2, 0.25) is 11.8 Å². The lowest BCUT2D eigenvalue weighted by molar-refractivity contribution is -0.128. The zero-order valence-electron chi connectivity index (χ0n) is 13.6. The van der Waals surface area contributed by atoms with Gasteiger partial charge >= 0.3 is 0 Å². The van der Waals surface area contributed by atoms with Crippen molar-refractivity contribution < 1.29 is 9.21 Å². The van der Waals surface area contributed by atoms with Crippen LogP contribution in [0.3, 0.4) is 0 Å². The molecule has 1 aliphatic heterocycles. The normalized spacial score (nSPS) is 20.4. The monoisotopic (exact) mass is 343 g/mol. The number of amides is 1. The summed E-state index contributed by atoms with van der Waals surface area (Å²) in [6.07, 6.45) is 5.07. The van der Waals surface area contributed by atoms with Crippen molar-refractivity contribution in [3.63, 3.8) is 0 Å². The van der Waals surface area contributed by atoms with Crippen molar-refractivity contribution >= 4 is 17.7 Å². The summed E-state index contributed by atoms with van der Waals surface area (Å²) >= 11 is 1.64. The molecule has 2 heterocycles. The van der Waals surface area contributed by atoms with Gasteiger partial charge in [-0.1, -0.05) is 36.0 Å². The minimum atomic E-state index is 0.184. The highest BCUT2D eigenvalue weighted by atomic mass is 32.2. The Morgan fingerprint density at radius 1 is 1.21 bits per heavy atom. The van der Waals surface area contributed by atoms with E-state index in [0.29, 0.717) is 30.0 Å². The fraction of sp³-hybridized carbons (Fsp3) is 0.500. The topological polar surface area (TPSA) is 59.2 Å². The Balaban J connectivity index is 1.30. The first-order chi connectivity index (χ1) is 11.8. The van der Waals surface area contributed by atoms with Crippen LogP contribution in [-0.4, -0.2) is 33.3 Å². The molecule has 1 fully saturated rings. The Hall–Kier alpha value is -1.82. The first-order valence-corrected chi connectivity index (χ1v) is 9.56. The number of hydrogen-bond donors (Lipinski definition) is 0. The first kappa shape index (κ1) is 15.7. The number of rotatable bonds is 5. The molecule has 1 aromatic carbocycles. The molecule has 1 aromatic heterocycles. The molecule has 2 aliphatic rings. The molecule has 1 saturated heterocycles. The Bertz CT molecular complexity index is 731. The van der Waals surface area contributed by atoms with Crippen LogP contribution < -0.4 is 0 Å². The highest BCUT2D eigenvalue weighted by Gasteiger charge is 2.23. The van der Waals surface area contributed by atoms with Gasteiger partial charge in [-0.05, 0) is 42.7 Å². The molecule has 0 unspecified atom stereocenters. The number of aryl methyl sites for hydroxylation is 1. The number of nitrogens with zero attached hydrogens (tertiary/aromatic N) is 3. The van der Waals surface area contributed by atoms with Gasteiger partial charge in [-0.25, -0.2) is 0 Å². The van der Waals surface area contributed by atoms with E-state index in [-0.39, 0.29) is 5.91 Å². The van der Waals surface area contributed by atoms with Crippen molar-refractivity contribution in [2.75, 3.05) is 12.3 Å². The van der Waals surface area contributed by atoms with Crippen LogP contribution >= 0.6 is 11.8 Å². The lowest BCUT2D eigenvalue weighted by Crippen LogP contribution is -2.23. The third-order valence-corrected chi connectivity index (χ3v) is 5.89. The van der Waals surface area contributed by atoms with Crippen molar-refractivity contribution in [1.82, 2.24) is 15.1 Å². The Morgan fingerprint density at radius 3 is 2.92 bits per heavy atom. The molecule has 1 amide bonds. The molecule has 4 rings (SSSR count). The van der Waals surface area contributed by atoms with Crippen LogP contribution in [0, 0.1) is 5.92 Å². The summed E-state index contributed by atoms with van der Waals surface area (Å²) in [5.74, 6) is 2.38. The summed E-state index contributed by atoms with van der Waals surface area (Å²) in [6, 6.07) is 8.73. The van der Waals surface area contributed by atoms with Crippen molar-refractivity contribution in [3.05, 3.63) is 41.3 Å². The summed E-state index contributed by atoms with van der Waals surface area (Å²) in [7, 11) is 0. The second kappa shape index (κ2) is 6.97. The van der Waals surface area contributed by atoms with Crippen molar-refractivity contribution in [2.45, 2.75) is 43.9 Å². The largest absolute Gasteiger partial charge is 0.414 e. The zero-order chi connectivity index (χ0) is 16.4. The molecule has 1 aliphatic carbocycles. The van der Waals surface area contributed by atoms with Crippen LogP contribution in [-0.2, 0) is 24.2 Å². The molecule has 0 N–H and O–H groups in total. The summed E-state index contributed by atoms with van der Waals surface area (Å²) in [5, 5.41) is 8.82. The second-order valence-corrected chi connectivity index (χ2v) is 7.54. The maximum atomic E-state index is 11.6. The predicted molar refractivity (Wildman–Crippen MR) is 91.6 cm³/mol. The molecular formula is C18H21N3O2S. The van der Waals surface area contributed by atoms with Gasteiger partial charge in [0.05, 0.1) is 6.54 Å². The number of hydrogen-bond acceptors (Lipinski definition) is 5. The molecule has 0 radical (unpaired) electrons. The van der Waals surface area contributed by atoms with E-state index in [4.69, 9.17) is 4.42 Å². The molecule has 126 valence electrons.